The Morgan fingerprint density at radius 1 is 1.25 bits per heavy atom. The normalized spacial score (nSPS) is 10.9. The lowest BCUT2D eigenvalue weighted by Gasteiger charge is -2.08. The van der Waals surface area contributed by atoms with Crippen LogP contribution < -0.4 is 10.9 Å². The fourth-order valence-corrected chi connectivity index (χ4v) is 4.37. The number of carbonyl (C=O) groups excluding carboxylic acids is 1. The molecule has 0 spiro atoms. The molecule has 8 nitrogen and oxygen atoms in total. The van der Waals surface area contributed by atoms with Crippen LogP contribution in [0.5, 0.6) is 0 Å². The second kappa shape index (κ2) is 7.87. The Bertz CT molecular complexity index is 1150. The molecule has 0 aromatic carbocycles. The van der Waals surface area contributed by atoms with Crippen LogP contribution in [-0.4, -0.2) is 37.0 Å². The summed E-state index contributed by atoms with van der Waals surface area (Å²) in [5.74, 6) is 0.337. The van der Waals surface area contributed by atoms with E-state index in [-0.39, 0.29) is 24.6 Å². The molecule has 1 amide bonds. The van der Waals surface area contributed by atoms with Gasteiger partial charge in [-0.3, -0.25) is 9.59 Å². The van der Waals surface area contributed by atoms with Crippen molar-refractivity contribution in [3.05, 3.63) is 69.0 Å². The summed E-state index contributed by atoms with van der Waals surface area (Å²) in [6, 6.07) is 8.76. The number of thiophene rings is 1. The first-order valence-corrected chi connectivity index (χ1v) is 10.2. The minimum Gasteiger partial charge on any atom is -0.349 e. The highest BCUT2D eigenvalue weighted by molar-refractivity contribution is 7.22. The van der Waals surface area contributed by atoms with Crippen LogP contribution >= 0.6 is 22.7 Å². The molecule has 0 bridgehead atoms. The molecular weight excluding hydrogens is 396 g/mol. The van der Waals surface area contributed by atoms with Crippen LogP contribution in [0.2, 0.25) is 0 Å². The maximum Gasteiger partial charge on any atom is 0.266 e. The van der Waals surface area contributed by atoms with Gasteiger partial charge in [0.2, 0.25) is 0 Å². The molecule has 0 atom stereocenters. The van der Waals surface area contributed by atoms with Crippen LogP contribution in [-0.2, 0) is 6.54 Å². The van der Waals surface area contributed by atoms with Crippen LogP contribution in [0, 0.1) is 6.92 Å². The van der Waals surface area contributed by atoms with Gasteiger partial charge >= 0.3 is 0 Å². The smallest absolute Gasteiger partial charge is 0.266 e. The first kappa shape index (κ1) is 18.3. The average Bonchev–Trinajstić information content (AvgIpc) is 3.44. The predicted octanol–water partition coefficient (Wildman–Crippen LogP) is 2.35. The maximum absolute atomic E-state index is 12.5. The van der Waals surface area contributed by atoms with Crippen molar-refractivity contribution in [2.45, 2.75) is 13.5 Å². The van der Waals surface area contributed by atoms with E-state index in [1.54, 1.807) is 40.5 Å². The molecule has 28 heavy (non-hydrogen) atoms. The Hall–Kier alpha value is -3.11. The zero-order chi connectivity index (χ0) is 19.5. The second-order valence-electron chi connectivity index (χ2n) is 5.87. The predicted molar refractivity (Wildman–Crippen MR) is 108 cm³/mol. The third-order valence-corrected chi connectivity index (χ3v) is 6.13. The summed E-state index contributed by atoms with van der Waals surface area (Å²) in [7, 11) is 0. The highest BCUT2D eigenvalue weighted by atomic mass is 32.1. The summed E-state index contributed by atoms with van der Waals surface area (Å²) >= 11 is 2.96. The van der Waals surface area contributed by atoms with Gasteiger partial charge in [-0.05, 0) is 30.5 Å². The van der Waals surface area contributed by atoms with Crippen molar-refractivity contribution in [3.63, 3.8) is 0 Å². The number of aromatic nitrogens is 5. The Kier molecular flexibility index (Phi) is 5.13. The summed E-state index contributed by atoms with van der Waals surface area (Å²) in [6.07, 6.45) is 3.38. The molecule has 0 aliphatic rings. The number of rotatable bonds is 6. The maximum atomic E-state index is 12.5. The van der Waals surface area contributed by atoms with E-state index in [1.807, 2.05) is 24.4 Å². The van der Waals surface area contributed by atoms with Crippen LogP contribution in [0.15, 0.2) is 52.9 Å². The van der Waals surface area contributed by atoms with Crippen molar-refractivity contribution in [3.8, 4) is 15.7 Å². The van der Waals surface area contributed by atoms with E-state index in [2.05, 4.69) is 20.5 Å². The van der Waals surface area contributed by atoms with Gasteiger partial charge in [-0.1, -0.05) is 6.07 Å². The van der Waals surface area contributed by atoms with Gasteiger partial charge in [0.25, 0.3) is 11.5 Å². The molecular formula is C18H16N6O2S2. The van der Waals surface area contributed by atoms with E-state index >= 15 is 0 Å². The number of thiazole rings is 1. The molecule has 4 heterocycles. The Morgan fingerprint density at radius 2 is 2.14 bits per heavy atom. The highest BCUT2D eigenvalue weighted by Crippen LogP contribution is 2.30. The van der Waals surface area contributed by atoms with Crippen molar-refractivity contribution in [1.82, 2.24) is 29.9 Å². The number of amides is 1. The molecule has 4 aromatic heterocycles. The molecule has 0 saturated carbocycles. The first-order valence-electron chi connectivity index (χ1n) is 8.49. The summed E-state index contributed by atoms with van der Waals surface area (Å²) in [4.78, 5) is 30.6. The van der Waals surface area contributed by atoms with E-state index in [0.717, 1.165) is 9.88 Å². The number of hydrogen-bond donors (Lipinski definition) is 1. The van der Waals surface area contributed by atoms with Crippen LogP contribution in [0.25, 0.3) is 15.7 Å². The Balaban J connectivity index is 1.42. The van der Waals surface area contributed by atoms with Gasteiger partial charge in [-0.2, -0.15) is 5.10 Å². The zero-order valence-electron chi connectivity index (χ0n) is 14.9. The molecule has 142 valence electrons. The number of nitrogens with one attached hydrogen (secondary N) is 1. The molecule has 0 aliphatic heterocycles. The number of nitrogens with zero attached hydrogens (tertiary/aromatic N) is 5. The van der Waals surface area contributed by atoms with Crippen molar-refractivity contribution < 1.29 is 4.79 Å². The number of aryl methyl sites for hydroxylation is 1. The van der Waals surface area contributed by atoms with Crippen molar-refractivity contribution in [2.24, 2.45) is 0 Å². The molecule has 10 heteroatoms. The molecule has 0 fully saturated rings. The lowest BCUT2D eigenvalue weighted by molar-refractivity contribution is 0.0955. The molecule has 4 aromatic rings. The first-order chi connectivity index (χ1) is 13.6. The number of carbonyl (C=O) groups is 1. The number of hydrogen-bond acceptors (Lipinski definition) is 7. The zero-order valence-corrected chi connectivity index (χ0v) is 16.5. The monoisotopic (exact) mass is 412 g/mol. The van der Waals surface area contributed by atoms with Crippen molar-refractivity contribution in [2.75, 3.05) is 6.54 Å². The Morgan fingerprint density at radius 3 is 2.89 bits per heavy atom. The third-order valence-electron chi connectivity index (χ3n) is 3.94. The molecule has 0 radical (unpaired) electrons. The molecule has 0 unspecified atom stereocenters. The van der Waals surface area contributed by atoms with E-state index in [0.29, 0.717) is 16.4 Å². The second-order valence-corrected chi connectivity index (χ2v) is 7.82. The van der Waals surface area contributed by atoms with Crippen LogP contribution in [0.4, 0.5) is 0 Å². The lowest BCUT2D eigenvalue weighted by atomic mass is 10.3. The quantitative estimate of drug-likeness (QED) is 0.525. The lowest BCUT2D eigenvalue weighted by Crippen LogP contribution is -2.32. The summed E-state index contributed by atoms with van der Waals surface area (Å²) in [5, 5.41) is 14.0. The fourth-order valence-electron chi connectivity index (χ4n) is 2.59. The van der Waals surface area contributed by atoms with E-state index in [9.17, 15) is 9.59 Å². The van der Waals surface area contributed by atoms with Gasteiger partial charge < -0.3 is 5.32 Å². The Labute approximate surface area is 168 Å². The minimum atomic E-state index is -0.237. The van der Waals surface area contributed by atoms with E-state index < -0.39 is 0 Å². The molecule has 1 N–H and O–H groups in total. The third kappa shape index (κ3) is 3.78. The van der Waals surface area contributed by atoms with Gasteiger partial charge in [0.15, 0.2) is 5.82 Å². The van der Waals surface area contributed by atoms with E-state index in [4.69, 9.17) is 0 Å². The van der Waals surface area contributed by atoms with Gasteiger partial charge in [-0.25, -0.2) is 14.3 Å². The van der Waals surface area contributed by atoms with Crippen LogP contribution in [0.3, 0.4) is 0 Å². The SMILES string of the molecule is Cc1nc(-c2cccs2)sc1C(=O)NCCn1nc(-n2cccn2)ccc1=O. The summed E-state index contributed by atoms with van der Waals surface area (Å²) in [5.41, 5.74) is 0.459. The fraction of sp³-hybridized carbons (Fsp3) is 0.167. The standard InChI is InChI=1S/C18H16N6O2S2/c1-12-16(28-18(21-12)13-4-2-11-27-13)17(26)19-8-10-24-15(25)6-5-14(22-24)23-9-3-7-20-23/h2-7,9,11H,8,10H2,1H3,(H,19,26). The van der Waals surface area contributed by atoms with Gasteiger partial charge in [0, 0.05) is 25.0 Å². The largest absolute Gasteiger partial charge is 0.349 e. The van der Waals surface area contributed by atoms with Crippen molar-refractivity contribution >= 4 is 28.6 Å². The van der Waals surface area contributed by atoms with Crippen LogP contribution in [0.1, 0.15) is 15.4 Å². The average molecular weight is 413 g/mol. The molecule has 0 saturated heterocycles. The topological polar surface area (TPSA) is 94.7 Å². The molecule has 0 aliphatic carbocycles. The highest BCUT2D eigenvalue weighted by Gasteiger charge is 2.16. The van der Waals surface area contributed by atoms with Gasteiger partial charge in [0.05, 0.1) is 17.1 Å². The summed E-state index contributed by atoms with van der Waals surface area (Å²) in [6.45, 7) is 2.36. The van der Waals surface area contributed by atoms with Gasteiger partial charge in [-0.15, -0.1) is 27.8 Å². The van der Waals surface area contributed by atoms with E-state index in [1.165, 1.54) is 22.1 Å². The summed E-state index contributed by atoms with van der Waals surface area (Å²) < 4.78 is 2.88. The van der Waals surface area contributed by atoms with Crippen molar-refractivity contribution in [1.29, 1.82) is 0 Å². The minimum absolute atomic E-state index is 0.200. The molecule has 4 rings (SSSR count). The van der Waals surface area contributed by atoms with Gasteiger partial charge in [0.1, 0.15) is 9.88 Å².